The second kappa shape index (κ2) is 23.2. The Morgan fingerprint density at radius 2 is 1.65 bits per heavy atom. The summed E-state index contributed by atoms with van der Waals surface area (Å²) in [5, 5.41) is 19.1. The highest BCUT2D eigenvalue weighted by molar-refractivity contribution is 8.00. The molecule has 3 aromatic carbocycles. The van der Waals surface area contributed by atoms with E-state index in [-0.39, 0.29) is 47.7 Å². The lowest BCUT2D eigenvalue weighted by Gasteiger charge is -2.34. The summed E-state index contributed by atoms with van der Waals surface area (Å²) in [6, 6.07) is 20.5. The van der Waals surface area contributed by atoms with Crippen LogP contribution in [-0.4, -0.2) is 111 Å². The molecule has 0 aliphatic carbocycles. The Kier molecular flexibility index (Phi) is 17.2. The van der Waals surface area contributed by atoms with Crippen molar-refractivity contribution in [2.75, 3.05) is 32.5 Å². The summed E-state index contributed by atoms with van der Waals surface area (Å²) in [4.78, 5) is 78.4. The number of likely N-dealkylation sites (tertiary alicyclic amines) is 1. The Hall–Kier alpha value is -6.89. The Morgan fingerprint density at radius 3 is 2.31 bits per heavy atom. The van der Waals surface area contributed by atoms with E-state index in [1.165, 1.54) is 6.08 Å². The zero-order valence-corrected chi connectivity index (χ0v) is 38.6. The number of aromatic nitrogens is 2. The highest BCUT2D eigenvalue weighted by Gasteiger charge is 2.42. The number of unbranched alkanes of at least 4 members (excludes halogenated alkanes) is 1. The molecule has 5 amide bonds. The van der Waals surface area contributed by atoms with E-state index in [2.05, 4.69) is 26.3 Å². The van der Waals surface area contributed by atoms with Crippen LogP contribution >= 0.6 is 11.8 Å². The van der Waals surface area contributed by atoms with Crippen LogP contribution in [0.3, 0.4) is 0 Å². The monoisotopic (exact) mass is 957 g/mol. The fourth-order valence-corrected chi connectivity index (χ4v) is 9.62. The van der Waals surface area contributed by atoms with Crippen molar-refractivity contribution in [2.24, 2.45) is 0 Å². The summed E-state index contributed by atoms with van der Waals surface area (Å²) in [7, 11) is 1.63. The number of hydrogen-bond acceptors (Lipinski definition) is 9. The second-order valence-corrected chi connectivity index (χ2v) is 17.8. The molecule has 3 aliphatic rings. The Bertz CT molecular complexity index is 2530. The fourth-order valence-electron chi connectivity index (χ4n) is 8.07. The van der Waals surface area contributed by atoms with E-state index in [9.17, 15) is 37.1 Å². The first kappa shape index (κ1) is 50.5. The number of nitrogens with one attached hydrogen (secondary N) is 4. The number of aryl methyl sites for hydroxylation is 1. The average molecular weight is 958 g/mol. The van der Waals surface area contributed by atoms with Gasteiger partial charge in [-0.3, -0.25) is 19.2 Å². The van der Waals surface area contributed by atoms with E-state index in [1.807, 2.05) is 77.7 Å². The van der Waals surface area contributed by atoms with Gasteiger partial charge in [0.1, 0.15) is 5.75 Å². The number of carboxylic acid groups (broad SMARTS) is 1. The van der Waals surface area contributed by atoms with Gasteiger partial charge in [0, 0.05) is 66.0 Å². The maximum atomic E-state index is 13.7. The number of urea groups is 1. The molecule has 15 nitrogen and oxygen atoms in total. The second-order valence-electron chi connectivity index (χ2n) is 16.5. The predicted octanol–water partition coefficient (Wildman–Crippen LogP) is 6.79. The molecule has 19 heteroatoms. The molecule has 4 atom stereocenters. The lowest BCUT2D eigenvalue weighted by atomic mass is 9.96. The molecule has 0 bridgehead atoms. The number of halogens is 3. The number of fused-ring (bicyclic) bond motifs is 1. The number of nitrogens with zero attached hydrogens (tertiary/aromatic N) is 3. The van der Waals surface area contributed by atoms with Gasteiger partial charge in [-0.25, -0.2) is 14.6 Å². The van der Waals surface area contributed by atoms with Crippen molar-refractivity contribution in [3.63, 3.8) is 0 Å². The van der Waals surface area contributed by atoms with Crippen molar-refractivity contribution in [3.05, 3.63) is 124 Å². The first-order chi connectivity index (χ1) is 32.5. The first-order valence-corrected chi connectivity index (χ1v) is 23.2. The van der Waals surface area contributed by atoms with Gasteiger partial charge in [0.05, 0.1) is 42.9 Å². The zero-order valence-electron chi connectivity index (χ0n) is 37.8. The standard InChI is InChI=1S/C47H53N7O6S.C2HF3O2/c1-30-27-53(29-50-30)39-20-12-33(26-40(39)60-3)25-37-7-6-24-54(46(37)58)31(2)34-16-18-36(19-17-34)45(57)35-14-10-32(11-15-35)13-21-43(56)49-23-22-48-42(55)9-5-4-8-41-44-38(28-61-41)51-47(59)52-44;3-2(4,5)1(6)7/h10-21,25-27,29,31,38,41,44H,4-9,22-24,28H2,1-3H3,(H,48,55)(H,49,56)(H2,51,52,59);(H,6,7)/b21-13+,37-25+;/t31-,38?,41-,44?;/m0./s1. The molecule has 1 aromatic heterocycles. The molecule has 7 rings (SSSR count). The number of ether oxygens (including phenoxy) is 1. The third-order valence-electron chi connectivity index (χ3n) is 11.7. The number of hydrogen-bond donors (Lipinski definition) is 5. The van der Waals surface area contributed by atoms with Crippen molar-refractivity contribution in [1.29, 1.82) is 0 Å². The normalized spacial score (nSPS) is 18.8. The number of carboxylic acids is 1. The number of alkyl halides is 3. The number of aliphatic carboxylic acids is 1. The molecule has 68 heavy (non-hydrogen) atoms. The molecule has 4 heterocycles. The maximum Gasteiger partial charge on any atom is 0.490 e. The number of benzene rings is 3. The van der Waals surface area contributed by atoms with Crippen molar-refractivity contribution in [2.45, 2.75) is 81.9 Å². The first-order valence-electron chi connectivity index (χ1n) is 22.2. The van der Waals surface area contributed by atoms with Crippen LogP contribution < -0.4 is 26.0 Å². The fraction of sp³-hybridized carbons (Fsp3) is 0.367. The van der Waals surface area contributed by atoms with E-state index in [0.717, 1.165) is 65.1 Å². The van der Waals surface area contributed by atoms with Gasteiger partial charge in [-0.15, -0.1) is 0 Å². The minimum atomic E-state index is -5.08. The third kappa shape index (κ3) is 13.6. The molecule has 2 unspecified atom stereocenters. The Morgan fingerprint density at radius 1 is 0.971 bits per heavy atom. The smallest absolute Gasteiger partial charge is 0.490 e. The van der Waals surface area contributed by atoms with Crippen molar-refractivity contribution in [3.8, 4) is 11.4 Å². The van der Waals surface area contributed by atoms with Crippen LogP contribution in [0.2, 0.25) is 0 Å². The molecule has 3 fully saturated rings. The van der Waals surface area contributed by atoms with Crippen LogP contribution in [0.15, 0.2) is 90.9 Å². The summed E-state index contributed by atoms with van der Waals surface area (Å²) in [5.41, 5.74) is 6.18. The van der Waals surface area contributed by atoms with Gasteiger partial charge in [-0.1, -0.05) is 61.0 Å². The minimum absolute atomic E-state index is 0.00149. The number of amides is 5. The Balaban J connectivity index is 0.00000101. The maximum absolute atomic E-state index is 13.7. The number of piperidine rings is 1. The summed E-state index contributed by atoms with van der Waals surface area (Å²) in [6.45, 7) is 5.24. The SMILES string of the molecule is COc1cc(/C=C2\CCCN([C@@H](C)c3ccc(C(=O)c4ccc(/C=C/C(=O)NCCNC(=O)CCCC[C@@H]5SCC6NC(=O)NC65)cc4)cc3)C2=O)ccc1-n1cnc(C)c1.O=C(O)C(F)(F)F. The lowest BCUT2D eigenvalue weighted by molar-refractivity contribution is -0.192. The van der Waals surface area contributed by atoms with E-state index < -0.39 is 12.1 Å². The topological polar surface area (TPSA) is 201 Å². The van der Waals surface area contributed by atoms with Crippen molar-refractivity contribution in [1.82, 2.24) is 35.7 Å². The molecule has 360 valence electrons. The molecule has 5 N–H and O–H groups in total. The number of imidazole rings is 1. The molecular formula is C49H54F3N7O8S. The van der Waals surface area contributed by atoms with E-state index in [4.69, 9.17) is 14.6 Å². The summed E-state index contributed by atoms with van der Waals surface area (Å²) in [5.74, 6) is -1.59. The van der Waals surface area contributed by atoms with Crippen molar-refractivity contribution >= 4 is 59.4 Å². The summed E-state index contributed by atoms with van der Waals surface area (Å²) >= 11 is 1.87. The zero-order chi connectivity index (χ0) is 49.0. The van der Waals surface area contributed by atoms with E-state index in [0.29, 0.717) is 54.6 Å². The number of rotatable bonds is 17. The van der Waals surface area contributed by atoms with Crippen molar-refractivity contribution < 1.29 is 51.8 Å². The number of thioether (sulfide) groups is 1. The van der Waals surface area contributed by atoms with Crippen LogP contribution in [-0.2, 0) is 19.2 Å². The number of methoxy groups -OCH3 is 1. The van der Waals surface area contributed by atoms with E-state index >= 15 is 0 Å². The molecule has 0 spiro atoms. The van der Waals surface area contributed by atoms with Gasteiger partial charge in [-0.05, 0) is 80.5 Å². The predicted molar refractivity (Wildman–Crippen MR) is 251 cm³/mol. The summed E-state index contributed by atoms with van der Waals surface area (Å²) in [6.07, 6.45) is 8.27. The number of ketones is 1. The van der Waals surface area contributed by atoms with Gasteiger partial charge in [0.25, 0.3) is 0 Å². The molecule has 4 aromatic rings. The van der Waals surface area contributed by atoms with Crippen LogP contribution in [0.1, 0.15) is 89.8 Å². The average Bonchev–Trinajstić information content (AvgIpc) is 4.04. The minimum Gasteiger partial charge on any atom is -0.495 e. The van der Waals surface area contributed by atoms with Crippen LogP contribution in [0.25, 0.3) is 17.8 Å². The van der Waals surface area contributed by atoms with E-state index in [1.54, 1.807) is 55.9 Å². The number of carbonyl (C=O) groups is 6. The third-order valence-corrected chi connectivity index (χ3v) is 13.2. The molecular weight excluding hydrogens is 904 g/mol. The quantitative estimate of drug-likeness (QED) is 0.0325. The lowest BCUT2D eigenvalue weighted by Crippen LogP contribution is -2.38. The largest absolute Gasteiger partial charge is 0.495 e. The van der Waals surface area contributed by atoms with Gasteiger partial charge < -0.3 is 40.6 Å². The van der Waals surface area contributed by atoms with Crippen LogP contribution in [0.5, 0.6) is 5.75 Å². The molecule has 0 radical (unpaired) electrons. The highest BCUT2D eigenvalue weighted by atomic mass is 32.2. The van der Waals surface area contributed by atoms with Gasteiger partial charge in [0.2, 0.25) is 17.7 Å². The molecule has 3 aliphatic heterocycles. The molecule has 0 saturated carbocycles. The van der Waals surface area contributed by atoms with Gasteiger partial charge in [-0.2, -0.15) is 24.9 Å². The molecule has 3 saturated heterocycles. The number of carbonyl (C=O) groups excluding carboxylic acids is 5. The van der Waals surface area contributed by atoms with Gasteiger partial charge in [0.15, 0.2) is 5.78 Å². The van der Waals surface area contributed by atoms with Gasteiger partial charge >= 0.3 is 18.2 Å². The van der Waals surface area contributed by atoms with Crippen LogP contribution in [0, 0.1) is 6.92 Å². The van der Waals surface area contributed by atoms with Crippen LogP contribution in [0.4, 0.5) is 18.0 Å². The highest BCUT2D eigenvalue weighted by Crippen LogP contribution is 2.34. The summed E-state index contributed by atoms with van der Waals surface area (Å²) < 4.78 is 39.3. The Labute approximate surface area is 396 Å².